The Morgan fingerprint density at radius 1 is 1.58 bits per heavy atom. The number of hydrogen-bond acceptors (Lipinski definition) is 5. The second-order valence-corrected chi connectivity index (χ2v) is 6.29. The number of thiophene rings is 1. The highest BCUT2D eigenvalue weighted by atomic mass is 79.9. The molecule has 0 fully saturated rings. The number of anilines is 1. The predicted molar refractivity (Wildman–Crippen MR) is 79.9 cm³/mol. The van der Waals surface area contributed by atoms with Gasteiger partial charge in [0.05, 0.1) is 15.7 Å². The lowest BCUT2D eigenvalue weighted by molar-refractivity contribution is 0.0779. The Morgan fingerprint density at radius 3 is 2.89 bits per heavy atom. The Kier molecular flexibility index (Phi) is 4.52. The van der Waals surface area contributed by atoms with Crippen molar-refractivity contribution in [1.82, 2.24) is 9.88 Å². The zero-order chi connectivity index (χ0) is 13.8. The van der Waals surface area contributed by atoms with Gasteiger partial charge in [0.25, 0.3) is 5.91 Å². The molecule has 0 radical (unpaired) electrons. The van der Waals surface area contributed by atoms with Gasteiger partial charge in [-0.1, -0.05) is 0 Å². The van der Waals surface area contributed by atoms with Crippen LogP contribution in [0.5, 0.6) is 0 Å². The largest absolute Gasteiger partial charge is 0.336 e. The quantitative estimate of drug-likeness (QED) is 0.662. The SMILES string of the molecule is CN(Cc1csc(Br)c1)C(=O)c1ccc(NN)cn1. The molecule has 3 N–H and O–H groups in total. The number of rotatable bonds is 4. The zero-order valence-corrected chi connectivity index (χ0v) is 12.7. The van der Waals surface area contributed by atoms with Crippen LogP contribution in [-0.4, -0.2) is 22.8 Å². The van der Waals surface area contributed by atoms with Gasteiger partial charge in [-0.25, -0.2) is 4.98 Å². The first kappa shape index (κ1) is 14.0. The third-order valence-corrected chi connectivity index (χ3v) is 4.09. The first-order valence-electron chi connectivity index (χ1n) is 5.51. The fraction of sp³-hybridized carbons (Fsp3) is 0.167. The van der Waals surface area contributed by atoms with E-state index in [-0.39, 0.29) is 5.91 Å². The summed E-state index contributed by atoms with van der Waals surface area (Å²) in [6, 6.07) is 5.37. The van der Waals surface area contributed by atoms with E-state index in [4.69, 9.17) is 5.84 Å². The van der Waals surface area contributed by atoms with Gasteiger partial charge in [-0.3, -0.25) is 10.6 Å². The molecule has 1 amide bonds. The normalized spacial score (nSPS) is 10.3. The smallest absolute Gasteiger partial charge is 0.272 e. The van der Waals surface area contributed by atoms with Crippen molar-refractivity contribution >= 4 is 38.9 Å². The number of halogens is 1. The molecule has 7 heteroatoms. The van der Waals surface area contributed by atoms with Gasteiger partial charge >= 0.3 is 0 Å². The van der Waals surface area contributed by atoms with E-state index in [0.29, 0.717) is 17.9 Å². The molecule has 0 saturated carbocycles. The Labute approximate surface area is 123 Å². The lowest BCUT2D eigenvalue weighted by Crippen LogP contribution is -2.26. The van der Waals surface area contributed by atoms with Crippen molar-refractivity contribution in [2.45, 2.75) is 6.54 Å². The maximum absolute atomic E-state index is 12.2. The zero-order valence-electron chi connectivity index (χ0n) is 10.3. The average Bonchev–Trinajstić information content (AvgIpc) is 2.83. The lowest BCUT2D eigenvalue weighted by Gasteiger charge is -2.16. The molecule has 0 aliphatic carbocycles. The molecule has 0 aromatic carbocycles. The number of nitrogen functional groups attached to an aromatic ring is 1. The summed E-state index contributed by atoms with van der Waals surface area (Å²) in [4.78, 5) is 17.9. The Morgan fingerprint density at radius 2 is 2.37 bits per heavy atom. The van der Waals surface area contributed by atoms with Crippen LogP contribution < -0.4 is 11.3 Å². The lowest BCUT2D eigenvalue weighted by atomic mass is 10.2. The van der Waals surface area contributed by atoms with E-state index in [1.165, 1.54) is 6.20 Å². The summed E-state index contributed by atoms with van der Waals surface area (Å²) in [6.07, 6.45) is 1.53. The van der Waals surface area contributed by atoms with Gasteiger partial charge in [-0.05, 0) is 45.1 Å². The summed E-state index contributed by atoms with van der Waals surface area (Å²) in [5.74, 6) is 5.13. The summed E-state index contributed by atoms with van der Waals surface area (Å²) in [7, 11) is 1.75. The molecule has 0 aliphatic heterocycles. The van der Waals surface area contributed by atoms with Gasteiger partial charge < -0.3 is 10.3 Å². The summed E-state index contributed by atoms with van der Waals surface area (Å²) in [6.45, 7) is 0.555. The van der Waals surface area contributed by atoms with E-state index < -0.39 is 0 Å². The standard InChI is InChI=1S/C12H13BrN4OS/c1-17(6-8-4-11(13)19-7-8)12(18)10-3-2-9(16-14)5-15-10/h2-5,7,16H,6,14H2,1H3. The van der Waals surface area contributed by atoms with Crippen LogP contribution in [0.3, 0.4) is 0 Å². The molecule has 2 aromatic rings. The third-order valence-electron chi connectivity index (χ3n) is 2.54. The Bertz CT molecular complexity index is 569. The minimum atomic E-state index is -0.120. The highest BCUT2D eigenvalue weighted by molar-refractivity contribution is 9.11. The van der Waals surface area contributed by atoms with E-state index in [0.717, 1.165) is 9.35 Å². The van der Waals surface area contributed by atoms with Crippen molar-refractivity contribution < 1.29 is 4.79 Å². The number of carbonyl (C=O) groups excluding carboxylic acids is 1. The molecule has 0 atom stereocenters. The molecule has 100 valence electrons. The van der Waals surface area contributed by atoms with Crippen molar-refractivity contribution in [1.29, 1.82) is 0 Å². The Balaban J connectivity index is 2.05. The number of pyridine rings is 1. The molecule has 19 heavy (non-hydrogen) atoms. The van der Waals surface area contributed by atoms with Gasteiger partial charge in [-0.15, -0.1) is 11.3 Å². The molecule has 0 spiro atoms. The van der Waals surface area contributed by atoms with Gasteiger partial charge in [0, 0.05) is 13.6 Å². The molecular weight excluding hydrogens is 328 g/mol. The van der Waals surface area contributed by atoms with Crippen LogP contribution in [0.1, 0.15) is 16.1 Å². The van der Waals surface area contributed by atoms with Crippen LogP contribution in [0.25, 0.3) is 0 Å². The number of hydrogen-bond donors (Lipinski definition) is 2. The highest BCUT2D eigenvalue weighted by Gasteiger charge is 2.13. The molecular formula is C12H13BrN4OS. The fourth-order valence-electron chi connectivity index (χ4n) is 1.58. The van der Waals surface area contributed by atoms with E-state index in [1.54, 1.807) is 35.4 Å². The average molecular weight is 341 g/mol. The molecule has 0 unspecified atom stereocenters. The minimum absolute atomic E-state index is 0.120. The molecule has 0 saturated heterocycles. The second kappa shape index (κ2) is 6.14. The number of carbonyl (C=O) groups is 1. The van der Waals surface area contributed by atoms with Crippen LogP contribution in [0.2, 0.25) is 0 Å². The third kappa shape index (κ3) is 3.52. The van der Waals surface area contributed by atoms with Crippen LogP contribution >= 0.6 is 27.3 Å². The van der Waals surface area contributed by atoms with Crippen molar-refractivity contribution in [3.63, 3.8) is 0 Å². The molecule has 2 aromatic heterocycles. The van der Waals surface area contributed by atoms with E-state index >= 15 is 0 Å². The maximum Gasteiger partial charge on any atom is 0.272 e. The summed E-state index contributed by atoms with van der Waals surface area (Å²) < 4.78 is 1.06. The maximum atomic E-state index is 12.2. The number of hydrazine groups is 1. The summed E-state index contributed by atoms with van der Waals surface area (Å²) in [5, 5.41) is 2.02. The number of nitrogens with two attached hydrogens (primary N) is 1. The number of amides is 1. The van der Waals surface area contributed by atoms with Crippen molar-refractivity contribution in [3.8, 4) is 0 Å². The van der Waals surface area contributed by atoms with Gasteiger partial charge in [0.2, 0.25) is 0 Å². The molecule has 5 nitrogen and oxygen atoms in total. The first-order valence-corrected chi connectivity index (χ1v) is 7.18. The highest BCUT2D eigenvalue weighted by Crippen LogP contribution is 2.21. The predicted octanol–water partition coefficient (Wildman–Crippen LogP) is 2.46. The molecule has 2 rings (SSSR count). The van der Waals surface area contributed by atoms with Gasteiger partial charge in [0.15, 0.2) is 0 Å². The molecule has 2 heterocycles. The minimum Gasteiger partial charge on any atom is -0.336 e. The fourth-order valence-corrected chi connectivity index (χ4v) is 2.78. The second-order valence-electron chi connectivity index (χ2n) is 4.00. The first-order chi connectivity index (χ1) is 9.10. The van der Waals surface area contributed by atoms with Gasteiger partial charge in [0.1, 0.15) is 5.69 Å². The van der Waals surface area contributed by atoms with Gasteiger partial charge in [-0.2, -0.15) is 0 Å². The van der Waals surface area contributed by atoms with E-state index in [1.807, 2.05) is 11.4 Å². The Hall–Kier alpha value is -1.44. The molecule has 0 aliphatic rings. The van der Waals surface area contributed by atoms with Crippen molar-refractivity contribution in [2.75, 3.05) is 12.5 Å². The van der Waals surface area contributed by atoms with Crippen molar-refractivity contribution in [2.24, 2.45) is 5.84 Å². The topological polar surface area (TPSA) is 71.2 Å². The number of nitrogens with one attached hydrogen (secondary N) is 1. The monoisotopic (exact) mass is 340 g/mol. The van der Waals surface area contributed by atoms with Crippen LogP contribution in [0, 0.1) is 0 Å². The van der Waals surface area contributed by atoms with E-state index in [2.05, 4.69) is 26.3 Å². The summed E-state index contributed by atoms with van der Waals surface area (Å²) >= 11 is 5.00. The van der Waals surface area contributed by atoms with Crippen LogP contribution in [-0.2, 0) is 6.54 Å². The number of nitrogens with zero attached hydrogens (tertiary/aromatic N) is 2. The van der Waals surface area contributed by atoms with Crippen LogP contribution in [0.4, 0.5) is 5.69 Å². The van der Waals surface area contributed by atoms with E-state index in [9.17, 15) is 4.79 Å². The molecule has 0 bridgehead atoms. The van der Waals surface area contributed by atoms with Crippen molar-refractivity contribution in [3.05, 3.63) is 44.8 Å². The number of aromatic nitrogens is 1. The summed E-state index contributed by atoms with van der Waals surface area (Å²) in [5.41, 5.74) is 4.63. The van der Waals surface area contributed by atoms with Crippen LogP contribution in [0.15, 0.2) is 33.6 Å².